The number of benzene rings is 2. The van der Waals surface area contributed by atoms with E-state index >= 15 is 0 Å². The highest BCUT2D eigenvalue weighted by Crippen LogP contribution is 2.21. The summed E-state index contributed by atoms with van der Waals surface area (Å²) in [4.78, 5) is 43.7. The molecule has 4 rings (SSSR count). The summed E-state index contributed by atoms with van der Waals surface area (Å²) in [6, 6.07) is 15.5. The number of carbonyl (C=O) groups is 3. The number of aliphatic hydroxyl groups is 2. The molecule has 272 valence electrons. The van der Waals surface area contributed by atoms with Crippen LogP contribution in [0.3, 0.4) is 0 Å². The van der Waals surface area contributed by atoms with Gasteiger partial charge in [0.2, 0.25) is 0 Å². The lowest BCUT2D eigenvalue weighted by atomic mass is 10.0. The summed E-state index contributed by atoms with van der Waals surface area (Å²) < 4.78 is 8.75. The Morgan fingerprint density at radius 2 is 1.20 bits per heavy atom. The molecule has 13 heteroatoms. The summed E-state index contributed by atoms with van der Waals surface area (Å²) in [6.07, 6.45) is 5.52. The first-order chi connectivity index (χ1) is 23.1. The molecule has 0 aliphatic heterocycles. The molecule has 2 aromatic heterocycles. The third kappa shape index (κ3) is 12.8. The largest absolute Gasteiger partial charge is 0.444 e. The number of rotatable bonds is 13. The maximum atomic E-state index is 12.0. The molecule has 2 heterocycles. The maximum Gasteiger partial charge on any atom is 0.407 e. The second-order valence-corrected chi connectivity index (χ2v) is 13.2. The number of ketones is 2. The molecule has 50 heavy (non-hydrogen) atoms. The van der Waals surface area contributed by atoms with Crippen molar-refractivity contribution in [2.75, 3.05) is 13.2 Å². The van der Waals surface area contributed by atoms with Crippen molar-refractivity contribution >= 4 is 30.1 Å². The van der Waals surface area contributed by atoms with Crippen LogP contribution < -0.4 is 11.1 Å². The van der Waals surface area contributed by atoms with E-state index in [1.807, 2.05) is 88.7 Å². The summed E-state index contributed by atoms with van der Waals surface area (Å²) in [6.45, 7) is 8.51. The zero-order valence-corrected chi connectivity index (χ0v) is 30.8. The first kappa shape index (κ1) is 41.8. The average Bonchev–Trinajstić information content (AvgIpc) is 3.60. The number of ether oxygens (including phenoxy) is 1. The van der Waals surface area contributed by atoms with E-state index in [1.165, 1.54) is 13.8 Å². The van der Waals surface area contributed by atoms with Gasteiger partial charge in [-0.15, -0.1) is 12.4 Å². The van der Waals surface area contributed by atoms with Gasteiger partial charge in [-0.05, 0) is 57.6 Å². The van der Waals surface area contributed by atoms with Crippen molar-refractivity contribution < 1.29 is 29.3 Å². The summed E-state index contributed by atoms with van der Waals surface area (Å²) >= 11 is 0. The summed E-state index contributed by atoms with van der Waals surface area (Å²) in [5.74, 6) is 0.753. The molecule has 0 fully saturated rings. The first-order valence-electron chi connectivity index (χ1n) is 16.3. The average molecular weight is 711 g/mol. The van der Waals surface area contributed by atoms with Crippen LogP contribution in [0.1, 0.15) is 79.8 Å². The lowest BCUT2D eigenvalue weighted by molar-refractivity contribution is 0.0496. The molecular weight excluding hydrogens is 660 g/mol. The van der Waals surface area contributed by atoms with Crippen molar-refractivity contribution in [2.24, 2.45) is 19.8 Å². The SMILES string of the molecule is CC(=O)c1nc(-c2ccc(C[C@H](CCO)NC(=O)OC(C)(C)C)cc2)cn1C.CC(=O)c1nc(-c2ccc(C[C@H](N)CCO)cc2)cn1C.Cl. The van der Waals surface area contributed by atoms with Gasteiger partial charge < -0.3 is 35.1 Å². The van der Waals surface area contributed by atoms with Gasteiger partial charge >= 0.3 is 6.09 Å². The van der Waals surface area contributed by atoms with E-state index in [0.29, 0.717) is 30.9 Å². The number of carbonyl (C=O) groups excluding carboxylic acids is 3. The Balaban J connectivity index is 0.000000353. The Labute approximate surface area is 300 Å². The third-order valence-corrected chi connectivity index (χ3v) is 7.56. The van der Waals surface area contributed by atoms with Crippen molar-refractivity contribution in [3.8, 4) is 22.5 Å². The summed E-state index contributed by atoms with van der Waals surface area (Å²) in [7, 11) is 3.61. The number of aliphatic hydroxyl groups excluding tert-OH is 2. The minimum absolute atomic E-state index is 0. The second-order valence-electron chi connectivity index (χ2n) is 13.2. The van der Waals surface area contributed by atoms with Crippen molar-refractivity contribution in [3.63, 3.8) is 0 Å². The molecule has 0 saturated heterocycles. The van der Waals surface area contributed by atoms with Crippen LogP contribution in [0, 0.1) is 0 Å². The van der Waals surface area contributed by atoms with Gasteiger partial charge in [0.15, 0.2) is 23.2 Å². The standard InChI is InChI=1S/C21H29N3O4.C16H21N3O2.ClH/c1-14(26)19-23-18(13-24(19)5)16-8-6-15(7-9-16)12-17(10-11-25)22-20(27)28-21(2,3)4;1-11(21)16-18-15(10-19(16)2)13-5-3-12(4-6-13)9-14(17)7-8-20;/h6-9,13,17,25H,10-12H2,1-5H3,(H,22,27);3-6,10,14,20H,7-9,17H2,1-2H3;1H/t17-;14-;/m01./s1. The number of nitrogens with two attached hydrogens (primary N) is 1. The van der Waals surface area contributed by atoms with Crippen molar-refractivity contribution in [3.05, 3.63) is 83.7 Å². The molecular formula is C37H51ClN6O6. The molecule has 2 aromatic carbocycles. The predicted octanol–water partition coefficient (Wildman–Crippen LogP) is 5.07. The Bertz CT molecular complexity index is 1690. The monoisotopic (exact) mass is 710 g/mol. The Morgan fingerprint density at radius 1 is 0.780 bits per heavy atom. The summed E-state index contributed by atoms with van der Waals surface area (Å²) in [5, 5.41) is 21.0. The number of halogens is 1. The highest BCUT2D eigenvalue weighted by molar-refractivity contribution is 5.92. The molecule has 12 nitrogen and oxygen atoms in total. The molecule has 1 amide bonds. The van der Waals surface area contributed by atoms with E-state index in [1.54, 1.807) is 16.2 Å². The van der Waals surface area contributed by atoms with E-state index in [9.17, 15) is 19.5 Å². The highest BCUT2D eigenvalue weighted by Gasteiger charge is 2.20. The van der Waals surface area contributed by atoms with Gasteiger partial charge in [-0.25, -0.2) is 14.8 Å². The number of Topliss-reactive ketones (excluding diaryl/α,β-unsaturated/α-hetero) is 2. The molecule has 0 aliphatic rings. The zero-order valence-electron chi connectivity index (χ0n) is 30.0. The predicted molar refractivity (Wildman–Crippen MR) is 196 cm³/mol. The van der Waals surface area contributed by atoms with Crippen LogP contribution >= 0.6 is 12.4 Å². The molecule has 4 aromatic rings. The number of amides is 1. The first-order valence-corrected chi connectivity index (χ1v) is 16.3. The van der Waals surface area contributed by atoms with Gasteiger partial charge in [0, 0.05) is 76.8 Å². The number of hydrogen-bond donors (Lipinski definition) is 4. The van der Waals surface area contributed by atoms with Gasteiger partial charge in [0.1, 0.15) is 5.60 Å². The Kier molecular flexibility index (Phi) is 16.0. The second kappa shape index (κ2) is 19.1. The fourth-order valence-electron chi connectivity index (χ4n) is 5.20. The molecule has 5 N–H and O–H groups in total. The van der Waals surface area contributed by atoms with Gasteiger partial charge in [0.25, 0.3) is 0 Å². The van der Waals surface area contributed by atoms with Crippen LogP contribution in [0.2, 0.25) is 0 Å². The van der Waals surface area contributed by atoms with E-state index in [2.05, 4.69) is 15.3 Å². The van der Waals surface area contributed by atoms with Crippen LogP contribution in [-0.4, -0.2) is 77.9 Å². The number of alkyl carbamates (subject to hydrolysis) is 1. The minimum atomic E-state index is -0.573. The van der Waals surface area contributed by atoms with Gasteiger partial charge in [-0.1, -0.05) is 48.5 Å². The van der Waals surface area contributed by atoms with Gasteiger partial charge in [-0.3, -0.25) is 9.59 Å². The fourth-order valence-corrected chi connectivity index (χ4v) is 5.20. The van der Waals surface area contributed by atoms with Crippen molar-refractivity contribution in [2.45, 2.75) is 78.0 Å². The van der Waals surface area contributed by atoms with E-state index in [4.69, 9.17) is 15.6 Å². The number of aromatic nitrogens is 4. The van der Waals surface area contributed by atoms with Crippen LogP contribution in [0.25, 0.3) is 22.5 Å². The number of nitrogens with one attached hydrogen (secondary N) is 1. The molecule has 0 unspecified atom stereocenters. The topological polar surface area (TPSA) is 175 Å². The van der Waals surface area contributed by atoms with Crippen LogP contribution in [0.4, 0.5) is 4.79 Å². The molecule has 0 radical (unpaired) electrons. The third-order valence-electron chi connectivity index (χ3n) is 7.56. The summed E-state index contributed by atoms with van der Waals surface area (Å²) in [5.41, 5.74) is 10.9. The van der Waals surface area contributed by atoms with E-state index in [-0.39, 0.29) is 49.3 Å². The van der Waals surface area contributed by atoms with Gasteiger partial charge in [0.05, 0.1) is 11.4 Å². The molecule has 0 aliphatic carbocycles. The number of imidazole rings is 2. The number of nitrogens with zero attached hydrogens (tertiary/aromatic N) is 4. The lowest BCUT2D eigenvalue weighted by Gasteiger charge is -2.23. The van der Waals surface area contributed by atoms with Crippen LogP contribution in [-0.2, 0) is 31.7 Å². The number of aryl methyl sites for hydroxylation is 2. The molecule has 2 atom stereocenters. The molecule has 0 spiro atoms. The zero-order chi connectivity index (χ0) is 36.3. The van der Waals surface area contributed by atoms with Crippen LogP contribution in [0.15, 0.2) is 60.9 Å². The van der Waals surface area contributed by atoms with Crippen molar-refractivity contribution in [1.82, 2.24) is 24.4 Å². The quantitative estimate of drug-likeness (QED) is 0.138. The minimum Gasteiger partial charge on any atom is -0.444 e. The fraction of sp³-hybridized carbons (Fsp3) is 0.432. The Morgan fingerprint density at radius 3 is 1.56 bits per heavy atom. The number of hydrogen-bond acceptors (Lipinski definition) is 9. The van der Waals surface area contributed by atoms with E-state index < -0.39 is 11.7 Å². The lowest BCUT2D eigenvalue weighted by Crippen LogP contribution is -2.40. The van der Waals surface area contributed by atoms with E-state index in [0.717, 1.165) is 40.1 Å². The van der Waals surface area contributed by atoms with Crippen LogP contribution in [0.5, 0.6) is 0 Å². The smallest absolute Gasteiger partial charge is 0.407 e. The maximum absolute atomic E-state index is 12.0. The highest BCUT2D eigenvalue weighted by atomic mass is 35.5. The molecule has 0 bridgehead atoms. The Hall–Kier alpha value is -4.36. The van der Waals surface area contributed by atoms with Crippen molar-refractivity contribution in [1.29, 1.82) is 0 Å². The molecule has 0 saturated carbocycles. The normalized spacial score (nSPS) is 12.2. The van der Waals surface area contributed by atoms with Gasteiger partial charge in [-0.2, -0.15) is 0 Å².